The number of carbonyl (C=O) groups excluding carboxylic acids is 2. The van der Waals surface area contributed by atoms with Crippen molar-refractivity contribution in [3.8, 4) is 0 Å². The van der Waals surface area contributed by atoms with Gasteiger partial charge in [-0.25, -0.2) is 13.2 Å². The van der Waals surface area contributed by atoms with Gasteiger partial charge >= 0.3 is 6.09 Å². The summed E-state index contributed by atoms with van der Waals surface area (Å²) in [5.41, 5.74) is 0.460. The molecule has 3 unspecified atom stereocenters. The van der Waals surface area contributed by atoms with Gasteiger partial charge in [-0.1, -0.05) is 0 Å². The molecule has 4 aliphatic rings. The highest BCUT2D eigenvalue weighted by Gasteiger charge is 2.54. The highest BCUT2D eigenvalue weighted by Crippen LogP contribution is 2.40. The number of amides is 2. The number of nitroso groups, excluding NO2 is 1. The summed E-state index contributed by atoms with van der Waals surface area (Å²) in [6.07, 6.45) is 5.86. The summed E-state index contributed by atoms with van der Waals surface area (Å²) < 4.78 is 32.6. The van der Waals surface area contributed by atoms with E-state index in [-0.39, 0.29) is 29.3 Å². The standard InChI is InChI=1S/C26H37N5O6S/c1-37-26(33)27-21-5-7-22(8-6-21)38(35,36)29-14-9-19(10-15-29)20-11-16-30-24(17-20)23(18-31(30)34)25(32)28-12-3-2-4-13-28/h5-8,19-20,23-24H,2-4,9-18H2,1H3/p+1. The molecule has 0 spiro atoms. The number of ether oxygens (including phenoxy) is 1. The number of methoxy groups -OCH3 is 1. The minimum absolute atomic E-state index is 0.0560. The van der Waals surface area contributed by atoms with E-state index < -0.39 is 16.1 Å². The fourth-order valence-corrected chi connectivity index (χ4v) is 8.16. The van der Waals surface area contributed by atoms with E-state index in [0.29, 0.717) is 37.2 Å². The molecular weight excluding hydrogens is 510 g/mol. The summed E-state index contributed by atoms with van der Waals surface area (Å²) in [6, 6.07) is 6.03. The number of hydrogen-bond donors (Lipinski definition) is 1. The zero-order valence-corrected chi connectivity index (χ0v) is 22.8. The lowest BCUT2D eigenvalue weighted by Crippen LogP contribution is -2.49. The average molecular weight is 549 g/mol. The zero-order chi connectivity index (χ0) is 26.9. The van der Waals surface area contributed by atoms with Gasteiger partial charge in [0.05, 0.1) is 23.5 Å². The van der Waals surface area contributed by atoms with Crippen molar-refractivity contribution in [1.82, 2.24) is 14.2 Å². The second kappa shape index (κ2) is 11.2. The van der Waals surface area contributed by atoms with Gasteiger partial charge < -0.3 is 9.64 Å². The average Bonchev–Trinajstić information content (AvgIpc) is 3.29. The molecule has 4 saturated heterocycles. The third kappa shape index (κ3) is 5.38. The molecule has 38 heavy (non-hydrogen) atoms. The Labute approximate surface area is 224 Å². The van der Waals surface area contributed by atoms with Crippen LogP contribution in [0.25, 0.3) is 0 Å². The van der Waals surface area contributed by atoms with Crippen LogP contribution in [0.15, 0.2) is 29.2 Å². The fourth-order valence-electron chi connectivity index (χ4n) is 6.69. The van der Waals surface area contributed by atoms with E-state index in [4.69, 9.17) is 0 Å². The van der Waals surface area contributed by atoms with Gasteiger partial charge in [-0.05, 0) is 81.0 Å². The topological polar surface area (TPSA) is 119 Å². The number of fused-ring (bicyclic) bond motifs is 1. The zero-order valence-electron chi connectivity index (χ0n) is 22.0. The summed E-state index contributed by atoms with van der Waals surface area (Å²) in [6.45, 7) is 3.39. The summed E-state index contributed by atoms with van der Waals surface area (Å²) in [5, 5.41) is 4.38. The lowest BCUT2D eigenvalue weighted by atomic mass is 9.75. The van der Waals surface area contributed by atoms with Crippen LogP contribution in [0.4, 0.5) is 10.5 Å². The van der Waals surface area contributed by atoms with Gasteiger partial charge in [0.2, 0.25) is 22.5 Å². The van der Waals surface area contributed by atoms with Gasteiger partial charge in [0.15, 0.2) is 0 Å². The molecule has 0 bridgehead atoms. The number of sulfonamides is 1. The molecule has 11 nitrogen and oxygen atoms in total. The van der Waals surface area contributed by atoms with Crippen LogP contribution in [-0.4, -0.2) is 91.9 Å². The van der Waals surface area contributed by atoms with E-state index in [9.17, 15) is 22.9 Å². The van der Waals surface area contributed by atoms with Crippen molar-refractivity contribution < 1.29 is 27.6 Å². The minimum Gasteiger partial charge on any atom is -0.453 e. The molecule has 1 aromatic rings. The maximum Gasteiger partial charge on any atom is 0.411 e. The van der Waals surface area contributed by atoms with Crippen LogP contribution < -0.4 is 5.32 Å². The van der Waals surface area contributed by atoms with E-state index >= 15 is 0 Å². The van der Waals surface area contributed by atoms with Crippen molar-refractivity contribution in [2.75, 3.05) is 51.7 Å². The second-order valence-electron chi connectivity index (χ2n) is 10.9. The fraction of sp³-hybridized carbons (Fsp3) is 0.692. The molecule has 12 heteroatoms. The molecule has 4 heterocycles. The molecule has 4 fully saturated rings. The van der Waals surface area contributed by atoms with Crippen LogP contribution in [-0.2, 0) is 19.6 Å². The molecule has 0 aliphatic carbocycles. The van der Waals surface area contributed by atoms with Crippen molar-refractivity contribution in [1.29, 1.82) is 0 Å². The molecule has 3 atom stereocenters. The van der Waals surface area contributed by atoms with E-state index in [1.165, 1.54) is 19.2 Å². The first-order chi connectivity index (χ1) is 18.3. The van der Waals surface area contributed by atoms with Crippen LogP contribution in [0.1, 0.15) is 44.9 Å². The van der Waals surface area contributed by atoms with Gasteiger partial charge in [-0.15, -0.1) is 5.01 Å². The number of rotatable bonds is 5. The smallest absolute Gasteiger partial charge is 0.411 e. The lowest BCUT2D eigenvalue weighted by molar-refractivity contribution is -0.692. The first-order valence-corrected chi connectivity index (χ1v) is 15.2. The van der Waals surface area contributed by atoms with Crippen LogP contribution in [0.2, 0.25) is 0 Å². The predicted octanol–water partition coefficient (Wildman–Crippen LogP) is 2.68. The van der Waals surface area contributed by atoms with E-state index in [1.54, 1.807) is 16.4 Å². The lowest BCUT2D eigenvalue weighted by Gasteiger charge is -2.40. The Hall–Kier alpha value is -2.73. The molecular formula is C26H38N5O6S+. The normalized spacial score (nSPS) is 27.2. The van der Waals surface area contributed by atoms with Gasteiger partial charge in [-0.2, -0.15) is 4.31 Å². The van der Waals surface area contributed by atoms with Crippen molar-refractivity contribution in [2.24, 2.45) is 17.8 Å². The highest BCUT2D eigenvalue weighted by atomic mass is 32.2. The highest BCUT2D eigenvalue weighted by molar-refractivity contribution is 7.89. The Morgan fingerprint density at radius 1 is 0.947 bits per heavy atom. The van der Waals surface area contributed by atoms with E-state index in [1.807, 2.05) is 9.91 Å². The Kier molecular flexibility index (Phi) is 7.90. The SMILES string of the molecule is COC(=O)Nc1ccc(S(=O)(=O)N2CCC(C3CCN4C(C3)C(C(=O)N3CCCCC3)C[N+]4=O)CC2)cc1. The number of piperidine rings is 3. The number of hydrazine groups is 1. The minimum atomic E-state index is -3.64. The van der Waals surface area contributed by atoms with Gasteiger partial charge in [0.25, 0.3) is 0 Å². The van der Waals surface area contributed by atoms with Crippen LogP contribution in [0.5, 0.6) is 0 Å². The van der Waals surface area contributed by atoms with E-state index in [2.05, 4.69) is 10.1 Å². The van der Waals surface area contributed by atoms with Crippen LogP contribution in [0.3, 0.4) is 0 Å². The summed E-state index contributed by atoms with van der Waals surface area (Å²) in [7, 11) is -2.37. The molecule has 1 N–H and O–H groups in total. The molecule has 0 aromatic heterocycles. The maximum atomic E-state index is 13.3. The number of nitrogens with zero attached hydrogens (tertiary/aromatic N) is 4. The third-order valence-corrected chi connectivity index (χ3v) is 10.7. The Balaban J connectivity index is 1.18. The molecule has 1 aromatic carbocycles. The van der Waals surface area contributed by atoms with Gasteiger partial charge in [0, 0.05) is 31.9 Å². The summed E-state index contributed by atoms with van der Waals surface area (Å²) >= 11 is 0. The number of nitrogens with one attached hydrogen (secondary N) is 1. The number of anilines is 1. The number of hydrogen-bond acceptors (Lipinski definition) is 6. The molecule has 5 rings (SSSR count). The first kappa shape index (κ1) is 26.9. The van der Waals surface area contributed by atoms with Crippen LogP contribution >= 0.6 is 0 Å². The first-order valence-electron chi connectivity index (χ1n) is 13.7. The Morgan fingerprint density at radius 3 is 2.26 bits per heavy atom. The second-order valence-corrected chi connectivity index (χ2v) is 12.9. The molecule has 0 radical (unpaired) electrons. The third-order valence-electron chi connectivity index (χ3n) is 8.83. The van der Waals surface area contributed by atoms with Gasteiger partial charge in [-0.3, -0.25) is 10.1 Å². The van der Waals surface area contributed by atoms with Crippen molar-refractivity contribution >= 4 is 27.7 Å². The van der Waals surface area contributed by atoms with Crippen molar-refractivity contribution in [3.05, 3.63) is 29.2 Å². The van der Waals surface area contributed by atoms with Crippen molar-refractivity contribution in [2.45, 2.75) is 55.9 Å². The molecule has 2 amide bonds. The quantitative estimate of drug-likeness (QED) is 0.562. The van der Waals surface area contributed by atoms with E-state index in [0.717, 1.165) is 62.9 Å². The Morgan fingerprint density at radius 2 is 1.61 bits per heavy atom. The predicted molar refractivity (Wildman–Crippen MR) is 140 cm³/mol. The number of likely N-dealkylation sites (tertiary alicyclic amines) is 1. The summed E-state index contributed by atoms with van der Waals surface area (Å²) in [4.78, 5) is 40.5. The number of carbonyl (C=O) groups is 2. The maximum absolute atomic E-state index is 13.3. The largest absolute Gasteiger partial charge is 0.453 e. The van der Waals surface area contributed by atoms with Gasteiger partial charge in [0.1, 0.15) is 16.8 Å². The Bertz CT molecular complexity index is 1150. The molecule has 0 saturated carbocycles. The number of benzene rings is 1. The monoisotopic (exact) mass is 548 g/mol. The molecule has 4 aliphatic heterocycles. The summed E-state index contributed by atoms with van der Waals surface area (Å²) in [5.74, 6) is 0.618. The van der Waals surface area contributed by atoms with Crippen LogP contribution in [0, 0.1) is 22.7 Å². The molecule has 208 valence electrons. The van der Waals surface area contributed by atoms with Crippen molar-refractivity contribution in [3.63, 3.8) is 0 Å².